The van der Waals surface area contributed by atoms with E-state index in [-0.39, 0.29) is 5.75 Å². The molecule has 0 fully saturated rings. The minimum atomic E-state index is -3.47. The first-order valence-electron chi connectivity index (χ1n) is 7.83. The van der Waals surface area contributed by atoms with E-state index in [1.807, 2.05) is 30.3 Å². The Hall–Kier alpha value is -1.99. The summed E-state index contributed by atoms with van der Waals surface area (Å²) in [5.41, 5.74) is 1.52. The Labute approximate surface area is 150 Å². The van der Waals surface area contributed by atoms with Crippen LogP contribution in [-0.4, -0.2) is 36.3 Å². The van der Waals surface area contributed by atoms with Crippen LogP contribution in [0.3, 0.4) is 0 Å². The van der Waals surface area contributed by atoms with E-state index in [9.17, 15) is 17.4 Å². The smallest absolute Gasteiger partial charge is 0.239 e. The number of aryl methyl sites for hydroxylation is 1. The number of hydrogen-bond acceptors (Lipinski definition) is 4. The second-order valence-corrected chi connectivity index (χ2v) is 9.28. The molecule has 5 nitrogen and oxygen atoms in total. The van der Waals surface area contributed by atoms with Crippen LogP contribution in [0, 0.1) is 0 Å². The van der Waals surface area contributed by atoms with Crippen molar-refractivity contribution in [1.82, 2.24) is 0 Å². The summed E-state index contributed by atoms with van der Waals surface area (Å²) in [6.45, 7) is 0. The predicted octanol–water partition coefficient (Wildman–Crippen LogP) is 2.41. The number of sulfone groups is 1. The van der Waals surface area contributed by atoms with E-state index < -0.39 is 32.3 Å². The average Bonchev–Trinajstić information content (AvgIpc) is 2.55. The third kappa shape index (κ3) is 6.80. The van der Waals surface area contributed by atoms with Crippen LogP contribution in [0.5, 0.6) is 0 Å². The molecule has 0 saturated carbocycles. The van der Waals surface area contributed by atoms with Gasteiger partial charge < -0.3 is 5.32 Å². The largest absolute Gasteiger partial charge is 0.325 e. The Morgan fingerprint density at radius 1 is 1.08 bits per heavy atom. The minimum Gasteiger partial charge on any atom is -0.325 e. The average molecular weight is 380 g/mol. The third-order valence-corrected chi connectivity index (χ3v) is 6.09. The molecule has 0 saturated heterocycles. The normalized spacial score (nSPS) is 12.5. The summed E-state index contributed by atoms with van der Waals surface area (Å²) in [7, 11) is -4.63. The molecule has 0 radical (unpaired) electrons. The van der Waals surface area contributed by atoms with Crippen LogP contribution in [0.15, 0.2) is 59.5 Å². The monoisotopic (exact) mass is 379 g/mol. The second kappa shape index (κ2) is 8.92. The molecule has 2 aromatic rings. The fraction of sp³-hybridized carbons (Fsp3) is 0.278. The van der Waals surface area contributed by atoms with E-state index in [0.29, 0.717) is 23.4 Å². The van der Waals surface area contributed by atoms with Crippen LogP contribution < -0.4 is 5.32 Å². The topological polar surface area (TPSA) is 80.3 Å². The highest BCUT2D eigenvalue weighted by Gasteiger charge is 2.16. The van der Waals surface area contributed by atoms with Gasteiger partial charge in [-0.3, -0.25) is 9.00 Å². The first-order valence-corrected chi connectivity index (χ1v) is 11.2. The summed E-state index contributed by atoms with van der Waals surface area (Å²) >= 11 is 0. The Morgan fingerprint density at radius 2 is 1.80 bits per heavy atom. The van der Waals surface area contributed by atoms with Crippen molar-refractivity contribution in [3.8, 4) is 0 Å². The van der Waals surface area contributed by atoms with Crippen molar-refractivity contribution < 1.29 is 17.4 Å². The molecule has 1 N–H and O–H groups in total. The molecule has 1 unspecified atom stereocenters. The van der Waals surface area contributed by atoms with Crippen LogP contribution in [0.25, 0.3) is 0 Å². The molecule has 0 heterocycles. The van der Waals surface area contributed by atoms with Crippen LogP contribution >= 0.6 is 0 Å². The van der Waals surface area contributed by atoms with E-state index in [4.69, 9.17) is 0 Å². The van der Waals surface area contributed by atoms with Crippen molar-refractivity contribution >= 4 is 32.2 Å². The van der Waals surface area contributed by atoms with Crippen molar-refractivity contribution in [2.24, 2.45) is 0 Å². The van der Waals surface area contributed by atoms with Crippen molar-refractivity contribution in [3.63, 3.8) is 0 Å². The lowest BCUT2D eigenvalue weighted by Crippen LogP contribution is -2.25. The Balaban J connectivity index is 1.86. The summed E-state index contributed by atoms with van der Waals surface area (Å²) in [5, 5.41) is 2.55. The maximum atomic E-state index is 12.1. The Kier molecular flexibility index (Phi) is 6.90. The fourth-order valence-electron chi connectivity index (χ4n) is 2.36. The zero-order valence-corrected chi connectivity index (χ0v) is 15.6. The highest BCUT2D eigenvalue weighted by molar-refractivity contribution is 7.92. The van der Waals surface area contributed by atoms with E-state index in [1.165, 1.54) is 6.26 Å². The Bertz CT molecular complexity index is 848. The molecule has 2 rings (SSSR count). The van der Waals surface area contributed by atoms with Crippen molar-refractivity contribution in [2.75, 3.05) is 23.1 Å². The van der Waals surface area contributed by atoms with Crippen molar-refractivity contribution in [1.29, 1.82) is 0 Å². The number of carbonyl (C=O) groups is 1. The summed E-state index contributed by atoms with van der Waals surface area (Å²) in [6, 6.07) is 16.2. The molecule has 0 aliphatic rings. The third-order valence-electron chi connectivity index (χ3n) is 3.56. The number of hydrogen-bond donors (Lipinski definition) is 1. The summed E-state index contributed by atoms with van der Waals surface area (Å²) in [5.74, 6) is -1.17. The van der Waals surface area contributed by atoms with Gasteiger partial charge in [0.2, 0.25) is 5.91 Å². The standard InChI is InChI=1S/C18H21NO4S2/c1-24(21)17-11-5-10-16(13-17)19-18(20)14-25(22,23)12-6-9-15-7-3-2-4-8-15/h2-5,7-8,10-11,13H,6,9,12,14H2,1H3,(H,19,20). The zero-order chi connectivity index (χ0) is 18.3. The highest BCUT2D eigenvalue weighted by atomic mass is 32.2. The van der Waals surface area contributed by atoms with Gasteiger partial charge in [0, 0.05) is 27.6 Å². The van der Waals surface area contributed by atoms with Crippen LogP contribution in [0.2, 0.25) is 0 Å². The highest BCUT2D eigenvalue weighted by Crippen LogP contribution is 2.13. The maximum absolute atomic E-state index is 12.1. The number of amides is 1. The minimum absolute atomic E-state index is 0.0334. The van der Waals surface area contributed by atoms with Crippen LogP contribution in [-0.2, 0) is 31.9 Å². The molecule has 0 spiro atoms. The molecule has 0 aromatic heterocycles. The van der Waals surface area contributed by atoms with Gasteiger partial charge in [0.15, 0.2) is 9.84 Å². The maximum Gasteiger partial charge on any atom is 0.239 e. The first-order chi connectivity index (χ1) is 11.9. The number of carbonyl (C=O) groups excluding carboxylic acids is 1. The molecule has 0 bridgehead atoms. The van der Waals surface area contributed by atoms with E-state index >= 15 is 0 Å². The fourth-order valence-corrected chi connectivity index (χ4v) is 4.13. The summed E-state index contributed by atoms with van der Waals surface area (Å²) in [6.07, 6.45) is 2.67. The van der Waals surface area contributed by atoms with E-state index in [0.717, 1.165) is 5.56 Å². The molecule has 25 heavy (non-hydrogen) atoms. The van der Waals surface area contributed by atoms with Gasteiger partial charge in [0.05, 0.1) is 5.75 Å². The van der Waals surface area contributed by atoms with Gasteiger partial charge in [-0.05, 0) is 36.6 Å². The lowest BCUT2D eigenvalue weighted by molar-refractivity contribution is -0.113. The lowest BCUT2D eigenvalue weighted by Gasteiger charge is -2.07. The molecule has 134 valence electrons. The number of nitrogens with one attached hydrogen (secondary N) is 1. The van der Waals surface area contributed by atoms with Gasteiger partial charge in [0.25, 0.3) is 0 Å². The van der Waals surface area contributed by atoms with Gasteiger partial charge in [-0.1, -0.05) is 36.4 Å². The second-order valence-electron chi connectivity index (χ2n) is 5.71. The van der Waals surface area contributed by atoms with Crippen LogP contribution in [0.1, 0.15) is 12.0 Å². The van der Waals surface area contributed by atoms with Gasteiger partial charge >= 0.3 is 0 Å². The SMILES string of the molecule is CS(=O)c1cccc(NC(=O)CS(=O)(=O)CCCc2ccccc2)c1. The summed E-state index contributed by atoms with van der Waals surface area (Å²) < 4.78 is 35.6. The van der Waals surface area contributed by atoms with Gasteiger partial charge in [-0.25, -0.2) is 8.42 Å². The molecule has 0 aliphatic carbocycles. The van der Waals surface area contributed by atoms with Crippen molar-refractivity contribution in [3.05, 3.63) is 60.2 Å². The van der Waals surface area contributed by atoms with Gasteiger partial charge in [-0.15, -0.1) is 0 Å². The molecular formula is C18H21NO4S2. The predicted molar refractivity (Wildman–Crippen MR) is 101 cm³/mol. The zero-order valence-electron chi connectivity index (χ0n) is 14.0. The number of rotatable bonds is 8. The summed E-state index contributed by atoms with van der Waals surface area (Å²) in [4.78, 5) is 12.5. The van der Waals surface area contributed by atoms with E-state index in [1.54, 1.807) is 24.3 Å². The number of anilines is 1. The Morgan fingerprint density at radius 3 is 2.48 bits per heavy atom. The molecule has 1 amide bonds. The van der Waals surface area contributed by atoms with E-state index in [2.05, 4.69) is 5.32 Å². The quantitative estimate of drug-likeness (QED) is 0.764. The van der Waals surface area contributed by atoms with Crippen molar-refractivity contribution in [2.45, 2.75) is 17.7 Å². The lowest BCUT2D eigenvalue weighted by atomic mass is 10.1. The first kappa shape index (κ1) is 19.3. The molecular weight excluding hydrogens is 358 g/mol. The molecule has 7 heteroatoms. The van der Waals surface area contributed by atoms with Gasteiger partial charge in [-0.2, -0.15) is 0 Å². The molecule has 0 aliphatic heterocycles. The van der Waals surface area contributed by atoms with Crippen LogP contribution in [0.4, 0.5) is 5.69 Å². The van der Waals surface area contributed by atoms with Gasteiger partial charge in [0.1, 0.15) is 5.75 Å². The number of benzene rings is 2. The molecule has 1 atom stereocenters. The molecule has 2 aromatic carbocycles.